The van der Waals surface area contributed by atoms with Crippen LogP contribution in [0.4, 0.5) is 22.7 Å². The van der Waals surface area contributed by atoms with Crippen molar-refractivity contribution in [3.05, 3.63) is 212 Å². The number of hydrogen-bond acceptors (Lipinski definition) is 24. The molecule has 590 valence electrons. The molecular formula is C85H98N16O12. The molecular weight excluding hydrogens is 1440 g/mol. The molecule has 8 aromatic heterocycles. The fourth-order valence-corrected chi connectivity index (χ4v) is 14.5. The Labute approximate surface area is 655 Å². The zero-order chi connectivity index (χ0) is 79.5. The zero-order valence-corrected chi connectivity index (χ0v) is 66.1. The van der Waals surface area contributed by atoms with Crippen molar-refractivity contribution in [1.29, 1.82) is 0 Å². The Morgan fingerprint density at radius 2 is 0.673 bits per heavy atom. The number of pyridine rings is 4. The van der Waals surface area contributed by atoms with Crippen LogP contribution in [0, 0.1) is 0 Å². The number of ether oxygens (including phenoxy) is 8. The Morgan fingerprint density at radius 1 is 0.363 bits per heavy atom. The summed E-state index contributed by atoms with van der Waals surface area (Å²) in [6.07, 6.45) is 7.52. The molecule has 1 atom stereocenters. The maximum absolute atomic E-state index is 12.8. The lowest BCUT2D eigenvalue weighted by molar-refractivity contribution is 0.271. The van der Waals surface area contributed by atoms with Gasteiger partial charge < -0.3 is 78.3 Å². The van der Waals surface area contributed by atoms with Crippen LogP contribution < -0.4 is 95.7 Å². The van der Waals surface area contributed by atoms with E-state index in [2.05, 4.69) is 88.1 Å². The summed E-state index contributed by atoms with van der Waals surface area (Å²) in [5.74, 6) is 4.96. The van der Waals surface area contributed by atoms with E-state index >= 15 is 0 Å². The van der Waals surface area contributed by atoms with Crippen LogP contribution in [0.25, 0.3) is 67.6 Å². The summed E-state index contributed by atoms with van der Waals surface area (Å²) >= 11 is 0. The number of nitrogens with one attached hydrogen (secondary N) is 3. The van der Waals surface area contributed by atoms with E-state index in [4.69, 9.17) is 37.9 Å². The van der Waals surface area contributed by atoms with E-state index in [0.717, 1.165) is 143 Å². The van der Waals surface area contributed by atoms with Gasteiger partial charge in [-0.25, -0.2) is 19.9 Å². The summed E-state index contributed by atoms with van der Waals surface area (Å²) in [5, 5.41) is 10.3. The fourth-order valence-electron chi connectivity index (χ4n) is 14.5. The highest BCUT2D eigenvalue weighted by Gasteiger charge is 2.27. The first-order valence-electron chi connectivity index (χ1n) is 37.8. The quantitative estimate of drug-likeness (QED) is 0.0767. The van der Waals surface area contributed by atoms with E-state index in [9.17, 15) is 19.2 Å². The van der Waals surface area contributed by atoms with Crippen LogP contribution in [0.2, 0.25) is 0 Å². The van der Waals surface area contributed by atoms with Gasteiger partial charge in [-0.15, -0.1) is 0 Å². The van der Waals surface area contributed by atoms with Gasteiger partial charge in [-0.1, -0.05) is 6.92 Å². The summed E-state index contributed by atoms with van der Waals surface area (Å²) in [4.78, 5) is 81.5. The summed E-state index contributed by atoms with van der Waals surface area (Å²) < 4.78 is 49.0. The molecule has 28 heteroatoms. The van der Waals surface area contributed by atoms with Crippen LogP contribution in [-0.2, 0) is 0 Å². The molecule has 0 aliphatic carbocycles. The molecule has 4 fully saturated rings. The second-order valence-electron chi connectivity index (χ2n) is 28.4. The van der Waals surface area contributed by atoms with Gasteiger partial charge in [0.1, 0.15) is 22.6 Å². The highest BCUT2D eigenvalue weighted by atomic mass is 16.5. The molecule has 4 saturated heterocycles. The Hall–Kier alpha value is -12.2. The van der Waals surface area contributed by atoms with Crippen molar-refractivity contribution in [2.24, 2.45) is 0 Å². The molecule has 0 bridgehead atoms. The topological polar surface area (TPSA) is 264 Å². The van der Waals surface area contributed by atoms with Crippen molar-refractivity contribution in [3.63, 3.8) is 0 Å². The lowest BCUT2D eigenvalue weighted by Gasteiger charge is -2.40. The third kappa shape index (κ3) is 18.1. The Morgan fingerprint density at radius 3 is 0.991 bits per heavy atom. The number of anilines is 4. The number of hydrogen-bond donors (Lipinski definition) is 3. The van der Waals surface area contributed by atoms with Gasteiger partial charge in [0.2, 0.25) is 0 Å². The van der Waals surface area contributed by atoms with Crippen LogP contribution in [0.3, 0.4) is 0 Å². The van der Waals surface area contributed by atoms with Gasteiger partial charge >= 0.3 is 0 Å². The minimum Gasteiger partial charge on any atom is -0.493 e. The predicted octanol–water partition coefficient (Wildman–Crippen LogP) is 9.05. The molecule has 16 rings (SSSR count). The van der Waals surface area contributed by atoms with Gasteiger partial charge in [0.15, 0.2) is 46.0 Å². The third-order valence-corrected chi connectivity index (χ3v) is 20.6. The first kappa shape index (κ1) is 78.9. The van der Waals surface area contributed by atoms with Crippen molar-refractivity contribution >= 4 is 45.3 Å². The maximum atomic E-state index is 12.8. The second-order valence-corrected chi connectivity index (χ2v) is 28.4. The van der Waals surface area contributed by atoms with E-state index in [1.54, 1.807) is 98.7 Å². The Bertz CT molecular complexity index is 5640. The van der Waals surface area contributed by atoms with Crippen molar-refractivity contribution in [2.75, 3.05) is 175 Å². The van der Waals surface area contributed by atoms with E-state index in [-0.39, 0.29) is 27.8 Å². The van der Waals surface area contributed by atoms with Gasteiger partial charge in [0, 0.05) is 175 Å². The van der Waals surface area contributed by atoms with Gasteiger partial charge in [-0.3, -0.25) is 36.8 Å². The standard InChI is InChI=1S/2C22H26N4O3.C21H24N4O3.C20H22N4O3/c1-22(2)14-25(10-9-23-22)16-6-8-20-24-17(12-21(27)26(20)13-16)15-5-7-18(28-3)19(11-15)29-4;1-4-24-9-11-25(12-10-24)17-6-8-21-23-18(14-22(27)26(21)15-17)16-5-7-19(28-2)20(13-16)29-3;1-14-12-24(9-8-22-14)16-5-7-20-23-17(11-21(26)25(20)13-16)15-4-6-18(27-2)19(10-15)28-3;1-26-17-5-3-14(11-18(17)27-2)16-12-20(25)24-13-15(4-6-19(24)22-16)23-9-7-21-8-10-23/h5-8,11-13,23H,9-10,14H2,1-4H3;5-8,13-15H,4,9-12H2,1-3H3;4-7,10-11,13-14,22H,8-9,12H2,1-3H3;3-6,11-13,21H,7-10H2,1-2H3/t;;14-;/m..1./s1. The molecule has 0 radical (unpaired) electrons. The van der Waals surface area contributed by atoms with E-state index < -0.39 is 0 Å². The molecule has 4 aromatic carbocycles. The number of benzene rings is 4. The van der Waals surface area contributed by atoms with Gasteiger partial charge in [0.25, 0.3) is 22.2 Å². The van der Waals surface area contributed by atoms with Crippen molar-refractivity contribution in [2.45, 2.75) is 39.3 Å². The largest absolute Gasteiger partial charge is 0.493 e. The summed E-state index contributed by atoms with van der Waals surface area (Å²) in [6, 6.07) is 44.4. The van der Waals surface area contributed by atoms with Crippen LogP contribution in [0.1, 0.15) is 27.7 Å². The number of piperazine rings is 4. The summed E-state index contributed by atoms with van der Waals surface area (Å²) in [5.41, 5.74) is 11.8. The lowest BCUT2D eigenvalue weighted by atomic mass is 10.0. The van der Waals surface area contributed by atoms with E-state index in [1.807, 2.05) is 146 Å². The lowest BCUT2D eigenvalue weighted by Crippen LogP contribution is -2.57. The van der Waals surface area contributed by atoms with Crippen molar-refractivity contribution < 1.29 is 37.9 Å². The first-order chi connectivity index (χ1) is 54.8. The van der Waals surface area contributed by atoms with Gasteiger partial charge in [-0.2, -0.15) is 0 Å². The number of rotatable bonds is 17. The maximum Gasteiger partial charge on any atom is 0.258 e. The normalized spacial score (nSPS) is 15.6. The number of likely N-dealkylation sites (N-methyl/N-ethyl adjacent to an activating group) is 1. The summed E-state index contributed by atoms with van der Waals surface area (Å²) in [7, 11) is 12.7. The smallest absolute Gasteiger partial charge is 0.258 e. The molecule has 0 saturated carbocycles. The third-order valence-electron chi connectivity index (χ3n) is 20.6. The second kappa shape index (κ2) is 35.4. The Balaban J connectivity index is 0.000000132. The Kier molecular flexibility index (Phi) is 24.7. The van der Waals surface area contributed by atoms with Crippen LogP contribution in [-0.4, -0.2) is 209 Å². The molecule has 0 spiro atoms. The fraction of sp³-hybridized carbons (Fsp3) is 0.341. The SMILES string of the molecule is CCN1CCN(c2ccc3nc(-c4ccc(OC)c(OC)c4)cc(=O)n3c2)CC1.COc1ccc(-c2cc(=O)n3cc(N4CCNC(C)(C)C4)ccc3n2)cc1OC.COc1ccc(-c2cc(=O)n3cc(N4CCNCC4)ccc3n2)cc1OC.COc1ccc(-c2cc(=O)n3cc(N4CCN[C@H](C)C4)ccc3n2)cc1OC. The molecule has 12 aromatic rings. The molecule has 0 amide bonds. The summed E-state index contributed by atoms with van der Waals surface area (Å²) in [6.45, 7) is 23.0. The highest BCUT2D eigenvalue weighted by Crippen LogP contribution is 2.36. The van der Waals surface area contributed by atoms with Crippen LogP contribution in [0.15, 0.2) is 190 Å². The minimum absolute atomic E-state index is 0.0354. The highest BCUT2D eigenvalue weighted by molar-refractivity contribution is 5.71. The molecule has 4 aliphatic heterocycles. The van der Waals surface area contributed by atoms with Gasteiger partial charge in [-0.05, 0) is 149 Å². The monoisotopic (exact) mass is 1530 g/mol. The average molecular weight is 1540 g/mol. The predicted molar refractivity (Wildman–Crippen MR) is 443 cm³/mol. The molecule has 113 heavy (non-hydrogen) atoms. The van der Waals surface area contributed by atoms with Crippen LogP contribution in [0.5, 0.6) is 46.0 Å². The number of aromatic nitrogens is 8. The molecule has 3 N–H and O–H groups in total. The van der Waals surface area contributed by atoms with E-state index in [0.29, 0.717) is 97.4 Å². The van der Waals surface area contributed by atoms with Crippen molar-refractivity contribution in [3.8, 4) is 91.0 Å². The number of methoxy groups -OCH3 is 8. The number of fused-ring (bicyclic) bond motifs is 4. The average Bonchev–Trinajstić information content (AvgIpc) is 0.793. The molecule has 12 heterocycles. The van der Waals surface area contributed by atoms with Crippen molar-refractivity contribution in [1.82, 2.24) is 58.4 Å². The molecule has 0 unspecified atom stereocenters. The molecule has 28 nitrogen and oxygen atoms in total. The minimum atomic E-state index is -0.115. The molecule has 4 aliphatic rings. The zero-order valence-electron chi connectivity index (χ0n) is 66.1. The number of nitrogens with zero attached hydrogens (tertiary/aromatic N) is 13. The van der Waals surface area contributed by atoms with Crippen LogP contribution >= 0.6 is 0 Å². The first-order valence-corrected chi connectivity index (χ1v) is 37.8. The van der Waals surface area contributed by atoms with Gasteiger partial charge in [0.05, 0.1) is 102 Å². The van der Waals surface area contributed by atoms with E-state index in [1.165, 1.54) is 0 Å².